The molecule has 8 heteroatoms. The van der Waals surface area contributed by atoms with E-state index in [1.165, 1.54) is 17.8 Å². The topological polar surface area (TPSA) is 94.3 Å². The lowest BCUT2D eigenvalue weighted by Gasteiger charge is -2.09. The van der Waals surface area contributed by atoms with Crippen molar-refractivity contribution in [2.75, 3.05) is 11.9 Å². The van der Waals surface area contributed by atoms with Crippen molar-refractivity contribution < 1.29 is 13.9 Å². The van der Waals surface area contributed by atoms with Crippen LogP contribution < -0.4 is 15.7 Å². The average molecular weight is 433 g/mol. The Bertz CT molecular complexity index is 1280. The number of amides is 1. The van der Waals surface area contributed by atoms with Crippen LogP contribution in [0.1, 0.15) is 11.4 Å². The van der Waals surface area contributed by atoms with E-state index >= 15 is 0 Å². The van der Waals surface area contributed by atoms with Gasteiger partial charge >= 0.3 is 5.63 Å². The Labute approximate surface area is 182 Å². The molecular formula is C23H19N3O4S. The Balaban J connectivity index is 1.33. The lowest BCUT2D eigenvalue weighted by Crippen LogP contribution is -2.20. The number of hydrogen-bond donors (Lipinski definition) is 1. The fourth-order valence-electron chi connectivity index (χ4n) is 2.93. The van der Waals surface area contributed by atoms with Crippen LogP contribution in [0.5, 0.6) is 5.75 Å². The highest BCUT2D eigenvalue weighted by Crippen LogP contribution is 2.26. The predicted molar refractivity (Wildman–Crippen MR) is 119 cm³/mol. The smallest absolute Gasteiger partial charge is 0.336 e. The van der Waals surface area contributed by atoms with Gasteiger partial charge in [0.2, 0.25) is 0 Å². The minimum Gasteiger partial charge on any atom is -0.484 e. The number of fused-ring (bicyclic) bond motifs is 1. The van der Waals surface area contributed by atoms with Gasteiger partial charge in [0, 0.05) is 39.5 Å². The summed E-state index contributed by atoms with van der Waals surface area (Å²) in [7, 11) is 0. The summed E-state index contributed by atoms with van der Waals surface area (Å²) >= 11 is 1.46. The summed E-state index contributed by atoms with van der Waals surface area (Å²) in [4.78, 5) is 33.4. The zero-order valence-corrected chi connectivity index (χ0v) is 17.7. The van der Waals surface area contributed by atoms with Crippen LogP contribution in [0.4, 0.5) is 5.69 Å². The SMILES string of the molecule is Cc1cc(C)nc(Sc2ccc(NC(=O)COc3ccc4ccc(=O)oc4c3)cc2)n1. The maximum absolute atomic E-state index is 12.2. The standard InChI is InChI=1S/C23H19N3O4S/c1-14-11-15(2)25-23(24-14)31-19-8-5-17(6-9-19)26-21(27)13-29-18-7-3-16-4-10-22(28)30-20(16)12-18/h3-12H,13H2,1-2H3,(H,26,27). The van der Waals surface area contributed by atoms with Crippen molar-refractivity contribution in [3.05, 3.63) is 82.5 Å². The van der Waals surface area contributed by atoms with E-state index in [1.807, 2.05) is 44.2 Å². The minimum atomic E-state index is -0.437. The second-order valence-corrected chi connectivity index (χ2v) is 7.89. The minimum absolute atomic E-state index is 0.171. The number of carbonyl (C=O) groups excluding carboxylic acids is 1. The first-order valence-corrected chi connectivity index (χ1v) is 10.3. The van der Waals surface area contributed by atoms with E-state index in [9.17, 15) is 9.59 Å². The molecule has 31 heavy (non-hydrogen) atoms. The maximum atomic E-state index is 12.2. The van der Waals surface area contributed by atoms with E-state index in [-0.39, 0.29) is 12.5 Å². The van der Waals surface area contributed by atoms with Crippen LogP contribution in [0.25, 0.3) is 11.0 Å². The van der Waals surface area contributed by atoms with Gasteiger partial charge in [0.1, 0.15) is 11.3 Å². The molecule has 0 radical (unpaired) electrons. The monoisotopic (exact) mass is 433 g/mol. The molecule has 2 aromatic heterocycles. The number of hydrogen-bond acceptors (Lipinski definition) is 7. The van der Waals surface area contributed by atoms with Crippen LogP contribution >= 0.6 is 11.8 Å². The van der Waals surface area contributed by atoms with Gasteiger partial charge < -0.3 is 14.5 Å². The number of aryl methyl sites for hydroxylation is 2. The maximum Gasteiger partial charge on any atom is 0.336 e. The Morgan fingerprint density at radius 3 is 2.45 bits per heavy atom. The molecule has 0 atom stereocenters. The summed E-state index contributed by atoms with van der Waals surface area (Å²) in [5, 5.41) is 4.26. The van der Waals surface area contributed by atoms with Crippen molar-refractivity contribution in [2.45, 2.75) is 23.9 Å². The van der Waals surface area contributed by atoms with E-state index < -0.39 is 5.63 Å². The van der Waals surface area contributed by atoms with Crippen molar-refractivity contribution in [3.8, 4) is 5.75 Å². The van der Waals surface area contributed by atoms with E-state index in [0.717, 1.165) is 21.7 Å². The summed E-state index contributed by atoms with van der Waals surface area (Å²) in [5.74, 6) is 0.143. The molecule has 7 nitrogen and oxygen atoms in total. The molecule has 0 spiro atoms. The number of benzene rings is 2. The Kier molecular flexibility index (Phi) is 5.99. The highest BCUT2D eigenvalue weighted by Gasteiger charge is 2.07. The molecule has 0 bridgehead atoms. The largest absolute Gasteiger partial charge is 0.484 e. The summed E-state index contributed by atoms with van der Waals surface area (Å²) in [5.41, 5.74) is 2.48. The molecule has 0 aliphatic heterocycles. The van der Waals surface area contributed by atoms with Gasteiger partial charge in [-0.05, 0) is 74.1 Å². The number of carbonyl (C=O) groups is 1. The average Bonchev–Trinajstić information content (AvgIpc) is 2.72. The molecule has 0 aliphatic rings. The van der Waals surface area contributed by atoms with Gasteiger partial charge in [0.25, 0.3) is 5.91 Å². The molecule has 156 valence electrons. The highest BCUT2D eigenvalue weighted by molar-refractivity contribution is 7.99. The Morgan fingerprint density at radius 1 is 1.00 bits per heavy atom. The molecule has 1 N–H and O–H groups in total. The number of anilines is 1. The van der Waals surface area contributed by atoms with Crippen molar-refractivity contribution in [1.82, 2.24) is 9.97 Å². The van der Waals surface area contributed by atoms with Gasteiger partial charge in [0.05, 0.1) is 0 Å². The van der Waals surface area contributed by atoms with Crippen molar-refractivity contribution in [2.24, 2.45) is 0 Å². The molecule has 1 amide bonds. The Morgan fingerprint density at radius 2 is 1.71 bits per heavy atom. The lowest BCUT2D eigenvalue weighted by molar-refractivity contribution is -0.118. The fourth-order valence-corrected chi connectivity index (χ4v) is 3.79. The third kappa shape index (κ3) is 5.49. The van der Waals surface area contributed by atoms with Crippen molar-refractivity contribution in [3.63, 3.8) is 0 Å². The molecule has 0 saturated carbocycles. The van der Waals surface area contributed by atoms with Crippen LogP contribution in [-0.4, -0.2) is 22.5 Å². The van der Waals surface area contributed by atoms with E-state index in [4.69, 9.17) is 9.15 Å². The number of rotatable bonds is 6. The van der Waals surface area contributed by atoms with Gasteiger partial charge in [-0.25, -0.2) is 14.8 Å². The zero-order chi connectivity index (χ0) is 21.8. The summed E-state index contributed by atoms with van der Waals surface area (Å²) in [6.07, 6.45) is 0. The zero-order valence-electron chi connectivity index (χ0n) is 16.9. The number of ether oxygens (including phenoxy) is 1. The van der Waals surface area contributed by atoms with Crippen molar-refractivity contribution >= 4 is 34.3 Å². The quantitative estimate of drug-likeness (QED) is 0.356. The second kappa shape index (κ2) is 9.01. The van der Waals surface area contributed by atoms with Crippen LogP contribution in [0.15, 0.2) is 79.9 Å². The van der Waals surface area contributed by atoms with Crippen LogP contribution in [-0.2, 0) is 4.79 Å². The first-order valence-electron chi connectivity index (χ1n) is 9.51. The van der Waals surface area contributed by atoms with Crippen LogP contribution in [0, 0.1) is 13.8 Å². The molecule has 2 heterocycles. The van der Waals surface area contributed by atoms with E-state index in [1.54, 1.807) is 24.3 Å². The third-order valence-corrected chi connectivity index (χ3v) is 5.15. The lowest BCUT2D eigenvalue weighted by atomic mass is 10.2. The summed E-state index contributed by atoms with van der Waals surface area (Å²) in [6.45, 7) is 3.70. The number of nitrogens with zero attached hydrogens (tertiary/aromatic N) is 2. The first kappa shape index (κ1) is 20.6. The van der Waals surface area contributed by atoms with Gasteiger partial charge in [-0.15, -0.1) is 0 Å². The molecule has 4 rings (SSSR count). The summed E-state index contributed by atoms with van der Waals surface area (Å²) in [6, 6.07) is 17.4. The van der Waals surface area contributed by atoms with E-state index in [0.29, 0.717) is 22.2 Å². The number of nitrogens with one attached hydrogen (secondary N) is 1. The van der Waals surface area contributed by atoms with Crippen LogP contribution in [0.2, 0.25) is 0 Å². The highest BCUT2D eigenvalue weighted by atomic mass is 32.2. The Hall–Kier alpha value is -3.65. The van der Waals surface area contributed by atoms with E-state index in [2.05, 4.69) is 15.3 Å². The van der Waals surface area contributed by atoms with Gasteiger partial charge in [0.15, 0.2) is 11.8 Å². The molecule has 0 saturated heterocycles. The fraction of sp³-hybridized carbons (Fsp3) is 0.130. The number of aromatic nitrogens is 2. The summed E-state index contributed by atoms with van der Waals surface area (Å²) < 4.78 is 10.6. The first-order chi connectivity index (χ1) is 14.9. The molecule has 0 unspecified atom stereocenters. The normalized spacial score (nSPS) is 10.8. The molecule has 4 aromatic rings. The second-order valence-electron chi connectivity index (χ2n) is 6.85. The van der Waals surface area contributed by atoms with Gasteiger partial charge in [-0.1, -0.05) is 0 Å². The predicted octanol–water partition coefficient (Wildman–Crippen LogP) is 4.37. The molecule has 0 aliphatic carbocycles. The molecule has 2 aromatic carbocycles. The van der Waals surface area contributed by atoms with Gasteiger partial charge in [-0.3, -0.25) is 4.79 Å². The molecular weight excluding hydrogens is 414 g/mol. The van der Waals surface area contributed by atoms with Gasteiger partial charge in [-0.2, -0.15) is 0 Å². The third-order valence-electron chi connectivity index (χ3n) is 4.27. The van der Waals surface area contributed by atoms with Crippen LogP contribution in [0.3, 0.4) is 0 Å². The van der Waals surface area contributed by atoms with Crippen molar-refractivity contribution in [1.29, 1.82) is 0 Å². The molecule has 0 fully saturated rings.